The van der Waals surface area contributed by atoms with E-state index in [9.17, 15) is 14.4 Å². The predicted octanol–water partition coefficient (Wildman–Crippen LogP) is 3.22. The van der Waals surface area contributed by atoms with Gasteiger partial charge in [0.25, 0.3) is 5.56 Å². The van der Waals surface area contributed by atoms with Crippen molar-refractivity contribution in [3.63, 3.8) is 0 Å². The molecule has 0 unspecified atom stereocenters. The number of fused-ring (bicyclic) bond motifs is 1. The average Bonchev–Trinajstić information content (AvgIpc) is 2.91. The zero-order valence-corrected chi connectivity index (χ0v) is 20.9. The number of hydrogen-bond donors (Lipinski definition) is 1. The van der Waals surface area contributed by atoms with Crippen molar-refractivity contribution in [2.45, 2.75) is 13.5 Å². The predicted molar refractivity (Wildman–Crippen MR) is 140 cm³/mol. The van der Waals surface area contributed by atoms with E-state index >= 15 is 0 Å². The second-order valence-corrected chi connectivity index (χ2v) is 7.94. The highest BCUT2D eigenvalue weighted by Crippen LogP contribution is 2.30. The third kappa shape index (κ3) is 5.13. The fraction of sp³-hybridized carbons (Fsp3) is 0.222. The number of aromatic nitrogens is 2. The van der Waals surface area contributed by atoms with Crippen molar-refractivity contribution in [1.82, 2.24) is 9.13 Å². The fourth-order valence-electron chi connectivity index (χ4n) is 3.97. The zero-order valence-electron chi connectivity index (χ0n) is 20.9. The minimum atomic E-state index is -0.695. The molecule has 0 aliphatic carbocycles. The molecule has 0 aliphatic heterocycles. The molecule has 37 heavy (non-hydrogen) atoms. The van der Waals surface area contributed by atoms with Gasteiger partial charge in [0.2, 0.25) is 5.91 Å². The molecular formula is C27H27N3O7. The van der Waals surface area contributed by atoms with E-state index < -0.39 is 17.2 Å². The number of ether oxygens (including phenoxy) is 4. The first-order valence-corrected chi connectivity index (χ1v) is 11.5. The Morgan fingerprint density at radius 2 is 1.57 bits per heavy atom. The van der Waals surface area contributed by atoms with Gasteiger partial charge in [-0.05, 0) is 49.4 Å². The van der Waals surface area contributed by atoms with Crippen LogP contribution in [0.2, 0.25) is 0 Å². The molecule has 0 spiro atoms. The Hall–Kier alpha value is -4.73. The quantitative estimate of drug-likeness (QED) is 0.372. The van der Waals surface area contributed by atoms with Crippen molar-refractivity contribution >= 4 is 22.5 Å². The van der Waals surface area contributed by atoms with E-state index in [4.69, 9.17) is 18.9 Å². The Bertz CT molecular complexity index is 1560. The van der Waals surface area contributed by atoms with Crippen LogP contribution < -0.4 is 35.5 Å². The molecule has 1 aromatic heterocycles. The lowest BCUT2D eigenvalue weighted by molar-refractivity contribution is -0.116. The van der Waals surface area contributed by atoms with E-state index in [1.165, 1.54) is 38.0 Å². The fourth-order valence-corrected chi connectivity index (χ4v) is 3.97. The van der Waals surface area contributed by atoms with Gasteiger partial charge in [-0.25, -0.2) is 9.36 Å². The molecule has 0 bridgehead atoms. The normalized spacial score (nSPS) is 10.7. The SMILES string of the molecule is CCOc1ccc(NC(=O)Cn2c(=O)n(-c3cccc(OC)c3)c(=O)c3cc(OC)c(OC)cc32)cc1. The van der Waals surface area contributed by atoms with Crippen LogP contribution >= 0.6 is 0 Å². The molecule has 0 radical (unpaired) electrons. The summed E-state index contributed by atoms with van der Waals surface area (Å²) in [6.07, 6.45) is 0. The standard InChI is InChI=1S/C27H27N3O7/c1-5-37-19-11-9-17(10-12-19)28-25(31)16-29-22-15-24(36-4)23(35-3)14-21(22)26(32)30(27(29)33)18-7-6-8-20(13-18)34-2/h6-15H,5,16H2,1-4H3,(H,28,31). The van der Waals surface area contributed by atoms with E-state index in [0.717, 1.165) is 4.57 Å². The highest BCUT2D eigenvalue weighted by Gasteiger charge is 2.20. The monoisotopic (exact) mass is 505 g/mol. The van der Waals surface area contributed by atoms with Gasteiger partial charge in [-0.3, -0.25) is 14.2 Å². The molecule has 0 atom stereocenters. The highest BCUT2D eigenvalue weighted by atomic mass is 16.5. The summed E-state index contributed by atoms with van der Waals surface area (Å²) >= 11 is 0. The van der Waals surface area contributed by atoms with Crippen molar-refractivity contribution in [1.29, 1.82) is 0 Å². The summed E-state index contributed by atoms with van der Waals surface area (Å²) < 4.78 is 23.7. The smallest absolute Gasteiger partial charge is 0.336 e. The van der Waals surface area contributed by atoms with Crippen LogP contribution in [0.25, 0.3) is 16.6 Å². The van der Waals surface area contributed by atoms with Gasteiger partial charge in [-0.15, -0.1) is 0 Å². The third-order valence-corrected chi connectivity index (χ3v) is 5.71. The molecule has 1 heterocycles. The third-order valence-electron chi connectivity index (χ3n) is 5.71. The zero-order chi connectivity index (χ0) is 26.5. The molecule has 4 aromatic rings. The largest absolute Gasteiger partial charge is 0.497 e. The molecule has 1 amide bonds. The molecule has 10 nitrogen and oxygen atoms in total. The van der Waals surface area contributed by atoms with Crippen LogP contribution in [0.3, 0.4) is 0 Å². The number of methoxy groups -OCH3 is 3. The summed E-state index contributed by atoms with van der Waals surface area (Å²) in [6, 6.07) is 16.4. The average molecular weight is 506 g/mol. The number of carbonyl (C=O) groups excluding carboxylic acids is 1. The van der Waals surface area contributed by atoms with Crippen molar-refractivity contribution in [2.24, 2.45) is 0 Å². The van der Waals surface area contributed by atoms with Gasteiger partial charge < -0.3 is 24.3 Å². The molecule has 0 saturated carbocycles. The summed E-state index contributed by atoms with van der Waals surface area (Å²) in [7, 11) is 4.38. The second kappa shape index (κ2) is 10.9. The second-order valence-electron chi connectivity index (χ2n) is 7.94. The van der Waals surface area contributed by atoms with Crippen LogP contribution in [-0.2, 0) is 11.3 Å². The molecule has 3 aromatic carbocycles. The minimum Gasteiger partial charge on any atom is -0.497 e. The minimum absolute atomic E-state index is 0.175. The van der Waals surface area contributed by atoms with E-state index in [1.54, 1.807) is 48.5 Å². The van der Waals surface area contributed by atoms with E-state index in [1.807, 2.05) is 6.92 Å². The van der Waals surface area contributed by atoms with E-state index in [0.29, 0.717) is 41.0 Å². The Kier molecular flexibility index (Phi) is 7.47. The first-order chi connectivity index (χ1) is 17.9. The van der Waals surface area contributed by atoms with E-state index in [2.05, 4.69) is 5.32 Å². The molecule has 0 saturated heterocycles. The number of nitrogens with one attached hydrogen (secondary N) is 1. The first-order valence-electron chi connectivity index (χ1n) is 11.5. The molecular weight excluding hydrogens is 478 g/mol. The molecule has 0 fully saturated rings. The van der Waals surface area contributed by atoms with Gasteiger partial charge in [-0.1, -0.05) is 6.07 Å². The van der Waals surface area contributed by atoms with Crippen molar-refractivity contribution in [2.75, 3.05) is 33.3 Å². The van der Waals surface area contributed by atoms with Gasteiger partial charge in [0.05, 0.1) is 44.5 Å². The summed E-state index contributed by atoms with van der Waals surface area (Å²) in [5.74, 6) is 1.31. The summed E-state index contributed by atoms with van der Waals surface area (Å²) in [6.45, 7) is 2.05. The van der Waals surface area contributed by atoms with Crippen LogP contribution in [0, 0.1) is 0 Å². The highest BCUT2D eigenvalue weighted by molar-refractivity contribution is 5.92. The Labute approximate surface area is 212 Å². The van der Waals surface area contributed by atoms with E-state index in [-0.39, 0.29) is 17.4 Å². The lowest BCUT2D eigenvalue weighted by Gasteiger charge is -2.17. The molecule has 192 valence electrons. The van der Waals surface area contributed by atoms with Crippen LogP contribution in [-0.4, -0.2) is 43.0 Å². The van der Waals surface area contributed by atoms with Gasteiger partial charge >= 0.3 is 5.69 Å². The molecule has 0 aliphatic rings. The number of nitrogens with zero attached hydrogens (tertiary/aromatic N) is 2. The summed E-state index contributed by atoms with van der Waals surface area (Å²) in [5, 5.41) is 2.95. The first kappa shape index (κ1) is 25.4. The van der Waals surface area contributed by atoms with Crippen LogP contribution in [0.1, 0.15) is 6.92 Å². The topological polar surface area (TPSA) is 110 Å². The Morgan fingerprint density at radius 1 is 0.865 bits per heavy atom. The maximum absolute atomic E-state index is 13.7. The Balaban J connectivity index is 1.85. The van der Waals surface area contributed by atoms with Gasteiger partial charge in [0, 0.05) is 17.8 Å². The Morgan fingerprint density at radius 3 is 2.22 bits per heavy atom. The summed E-state index contributed by atoms with van der Waals surface area (Å²) in [5.41, 5.74) is -0.205. The lowest BCUT2D eigenvalue weighted by Crippen LogP contribution is -2.40. The van der Waals surface area contributed by atoms with Crippen molar-refractivity contribution in [3.05, 3.63) is 81.5 Å². The molecule has 10 heteroatoms. The number of anilines is 1. The van der Waals surface area contributed by atoms with Crippen molar-refractivity contribution < 1.29 is 23.7 Å². The van der Waals surface area contributed by atoms with Gasteiger partial charge in [0.1, 0.15) is 18.0 Å². The molecule has 4 rings (SSSR count). The van der Waals surface area contributed by atoms with Crippen LogP contribution in [0.4, 0.5) is 5.69 Å². The lowest BCUT2D eigenvalue weighted by atomic mass is 10.2. The maximum Gasteiger partial charge on any atom is 0.336 e. The van der Waals surface area contributed by atoms with Crippen LogP contribution in [0.5, 0.6) is 23.0 Å². The maximum atomic E-state index is 13.7. The number of hydrogen-bond acceptors (Lipinski definition) is 7. The molecule has 1 N–H and O–H groups in total. The van der Waals surface area contributed by atoms with Gasteiger partial charge in [-0.2, -0.15) is 0 Å². The summed E-state index contributed by atoms with van der Waals surface area (Å²) in [4.78, 5) is 40.2. The number of carbonyl (C=O) groups is 1. The number of amides is 1. The number of benzene rings is 3. The number of rotatable bonds is 9. The van der Waals surface area contributed by atoms with Gasteiger partial charge in [0.15, 0.2) is 11.5 Å². The van der Waals surface area contributed by atoms with Crippen LogP contribution in [0.15, 0.2) is 70.3 Å². The van der Waals surface area contributed by atoms with Crippen molar-refractivity contribution in [3.8, 4) is 28.7 Å².